The van der Waals surface area contributed by atoms with Gasteiger partial charge in [0.2, 0.25) is 0 Å². The molecule has 0 spiro atoms. The molecule has 28 heavy (non-hydrogen) atoms. The van der Waals surface area contributed by atoms with E-state index in [9.17, 15) is 14.4 Å². The maximum Gasteiger partial charge on any atom is 0.332 e. The number of benzene rings is 1. The molecule has 148 valence electrons. The summed E-state index contributed by atoms with van der Waals surface area (Å²) in [4.78, 5) is 40.8. The van der Waals surface area contributed by atoms with Crippen LogP contribution in [0.4, 0.5) is 0 Å². The van der Waals surface area contributed by atoms with E-state index < -0.39 is 11.2 Å². The van der Waals surface area contributed by atoms with E-state index in [-0.39, 0.29) is 12.4 Å². The van der Waals surface area contributed by atoms with Crippen LogP contribution in [0.25, 0.3) is 11.2 Å². The van der Waals surface area contributed by atoms with Crippen LogP contribution in [0.5, 0.6) is 5.75 Å². The van der Waals surface area contributed by atoms with E-state index in [1.807, 2.05) is 32.9 Å². The fourth-order valence-corrected chi connectivity index (χ4v) is 3.45. The first-order valence-corrected chi connectivity index (χ1v) is 9.10. The topological polar surface area (TPSA) is 88.1 Å². The molecule has 0 aliphatic carbocycles. The van der Waals surface area contributed by atoms with Crippen molar-refractivity contribution >= 4 is 17.1 Å². The lowest BCUT2D eigenvalue weighted by Gasteiger charge is -2.12. The highest BCUT2D eigenvalue weighted by atomic mass is 16.5. The Morgan fingerprint density at radius 3 is 2.36 bits per heavy atom. The van der Waals surface area contributed by atoms with Gasteiger partial charge in [-0.05, 0) is 38.3 Å². The van der Waals surface area contributed by atoms with Gasteiger partial charge in [0.15, 0.2) is 11.2 Å². The second kappa shape index (κ2) is 7.46. The maximum atomic E-state index is 12.4. The van der Waals surface area contributed by atoms with Gasteiger partial charge in [0, 0.05) is 27.1 Å². The molecule has 3 rings (SSSR count). The molecule has 2 heterocycles. The van der Waals surface area contributed by atoms with Crippen LogP contribution in [0.15, 0.2) is 28.0 Å². The third-order valence-corrected chi connectivity index (χ3v) is 4.82. The first kappa shape index (κ1) is 19.6. The molecule has 0 radical (unpaired) electrons. The van der Waals surface area contributed by atoms with E-state index in [2.05, 4.69) is 4.98 Å². The van der Waals surface area contributed by atoms with E-state index >= 15 is 0 Å². The van der Waals surface area contributed by atoms with Crippen LogP contribution in [-0.2, 0) is 25.4 Å². The molecule has 1 aromatic carbocycles. The largest absolute Gasteiger partial charge is 0.426 e. The van der Waals surface area contributed by atoms with Crippen molar-refractivity contribution in [2.45, 2.75) is 40.2 Å². The number of hydrogen-bond donors (Lipinski definition) is 0. The van der Waals surface area contributed by atoms with Crippen molar-refractivity contribution < 1.29 is 9.53 Å². The van der Waals surface area contributed by atoms with Crippen molar-refractivity contribution in [3.05, 3.63) is 56.0 Å². The Morgan fingerprint density at radius 1 is 1.07 bits per heavy atom. The quantitative estimate of drug-likeness (QED) is 0.494. The van der Waals surface area contributed by atoms with Crippen LogP contribution in [-0.4, -0.2) is 24.7 Å². The standard InChI is InChI=1S/C20H24N4O4/c1-12-9-13(2)17(14(3)10-12)28-15(25)7-6-8-24-11-21-18-16(24)19(26)23(5)20(27)22(18)4/h9-11H,6-8H2,1-5H3. The van der Waals surface area contributed by atoms with Gasteiger partial charge in [0.05, 0.1) is 6.33 Å². The monoisotopic (exact) mass is 384 g/mol. The van der Waals surface area contributed by atoms with Crippen molar-refractivity contribution in [2.24, 2.45) is 14.1 Å². The maximum absolute atomic E-state index is 12.4. The number of imidazole rings is 1. The summed E-state index contributed by atoms with van der Waals surface area (Å²) < 4.78 is 9.60. The number of carbonyl (C=O) groups excluding carboxylic acids is 1. The summed E-state index contributed by atoms with van der Waals surface area (Å²) in [6.07, 6.45) is 2.21. The van der Waals surface area contributed by atoms with Crippen LogP contribution >= 0.6 is 0 Å². The van der Waals surface area contributed by atoms with Crippen LogP contribution in [0.3, 0.4) is 0 Å². The Labute approximate surface area is 162 Å². The number of carbonyl (C=O) groups is 1. The summed E-state index contributed by atoms with van der Waals surface area (Å²) in [5, 5.41) is 0. The van der Waals surface area contributed by atoms with E-state index in [4.69, 9.17) is 4.74 Å². The Kier molecular flexibility index (Phi) is 5.22. The van der Waals surface area contributed by atoms with E-state index in [0.717, 1.165) is 21.3 Å². The van der Waals surface area contributed by atoms with Gasteiger partial charge in [-0.15, -0.1) is 0 Å². The Balaban J connectivity index is 1.72. The molecule has 0 fully saturated rings. The molecule has 0 aliphatic heterocycles. The first-order valence-electron chi connectivity index (χ1n) is 9.10. The molecule has 2 aromatic heterocycles. The highest BCUT2D eigenvalue weighted by Crippen LogP contribution is 2.25. The van der Waals surface area contributed by atoms with E-state index in [0.29, 0.717) is 29.9 Å². The highest BCUT2D eigenvalue weighted by molar-refractivity contribution is 5.73. The van der Waals surface area contributed by atoms with Gasteiger partial charge in [-0.2, -0.15) is 0 Å². The molecule has 0 saturated carbocycles. The number of aryl methyl sites for hydroxylation is 5. The minimum atomic E-state index is -0.421. The molecule has 0 N–H and O–H groups in total. The Morgan fingerprint density at radius 2 is 1.71 bits per heavy atom. The predicted molar refractivity (Wildman–Crippen MR) is 106 cm³/mol. The Hall–Kier alpha value is -3.16. The zero-order valence-electron chi connectivity index (χ0n) is 16.8. The number of hydrogen-bond acceptors (Lipinski definition) is 5. The predicted octanol–water partition coefficient (Wildman–Crippen LogP) is 1.74. The van der Waals surface area contributed by atoms with Crippen molar-refractivity contribution in [3.8, 4) is 5.75 Å². The molecule has 0 atom stereocenters. The second-order valence-electron chi connectivity index (χ2n) is 7.12. The Bertz CT molecular complexity index is 1160. The van der Waals surface area contributed by atoms with Gasteiger partial charge in [-0.3, -0.25) is 18.7 Å². The molecule has 8 nitrogen and oxygen atoms in total. The fourth-order valence-electron chi connectivity index (χ4n) is 3.45. The van der Waals surface area contributed by atoms with Gasteiger partial charge in [-0.1, -0.05) is 17.7 Å². The third kappa shape index (κ3) is 3.49. The summed E-state index contributed by atoms with van der Waals surface area (Å²) in [5.41, 5.74) is 2.84. The normalized spacial score (nSPS) is 11.2. The lowest BCUT2D eigenvalue weighted by Crippen LogP contribution is -2.37. The molecule has 0 bridgehead atoms. The smallest absolute Gasteiger partial charge is 0.332 e. The van der Waals surface area contributed by atoms with Gasteiger partial charge < -0.3 is 9.30 Å². The number of aromatic nitrogens is 4. The molecule has 0 saturated heterocycles. The van der Waals surface area contributed by atoms with Gasteiger partial charge in [0.1, 0.15) is 5.75 Å². The summed E-state index contributed by atoms with van der Waals surface area (Å²) in [7, 11) is 3.01. The number of nitrogens with zero attached hydrogens (tertiary/aromatic N) is 4. The van der Waals surface area contributed by atoms with Crippen molar-refractivity contribution in [3.63, 3.8) is 0 Å². The van der Waals surface area contributed by atoms with E-state index in [1.165, 1.54) is 17.9 Å². The van der Waals surface area contributed by atoms with Crippen molar-refractivity contribution in [1.82, 2.24) is 18.7 Å². The number of esters is 1. The zero-order valence-corrected chi connectivity index (χ0v) is 16.8. The minimum absolute atomic E-state index is 0.207. The zero-order chi connectivity index (χ0) is 20.6. The molecule has 3 aromatic rings. The number of fused-ring (bicyclic) bond motifs is 1. The molecule has 8 heteroatoms. The molecule has 0 unspecified atom stereocenters. The van der Waals surface area contributed by atoms with Gasteiger partial charge in [0.25, 0.3) is 5.56 Å². The highest BCUT2D eigenvalue weighted by Gasteiger charge is 2.15. The van der Waals surface area contributed by atoms with Gasteiger partial charge >= 0.3 is 11.7 Å². The summed E-state index contributed by atoms with van der Waals surface area (Å²) in [6.45, 7) is 6.26. The summed E-state index contributed by atoms with van der Waals surface area (Å²) >= 11 is 0. The van der Waals surface area contributed by atoms with Crippen LogP contribution in [0, 0.1) is 20.8 Å². The summed E-state index contributed by atoms with van der Waals surface area (Å²) in [5.74, 6) is 0.285. The fraction of sp³-hybridized carbons (Fsp3) is 0.400. The van der Waals surface area contributed by atoms with Crippen LogP contribution in [0.1, 0.15) is 29.5 Å². The third-order valence-electron chi connectivity index (χ3n) is 4.82. The lowest BCUT2D eigenvalue weighted by atomic mass is 10.1. The molecule has 0 aliphatic rings. The van der Waals surface area contributed by atoms with Crippen LogP contribution in [0.2, 0.25) is 0 Å². The van der Waals surface area contributed by atoms with Crippen molar-refractivity contribution in [2.75, 3.05) is 0 Å². The molecular weight excluding hydrogens is 360 g/mol. The van der Waals surface area contributed by atoms with Crippen molar-refractivity contribution in [1.29, 1.82) is 0 Å². The lowest BCUT2D eigenvalue weighted by molar-refractivity contribution is -0.134. The van der Waals surface area contributed by atoms with Gasteiger partial charge in [-0.25, -0.2) is 9.78 Å². The second-order valence-corrected chi connectivity index (χ2v) is 7.12. The van der Waals surface area contributed by atoms with E-state index in [1.54, 1.807) is 11.6 Å². The minimum Gasteiger partial charge on any atom is -0.426 e. The molecular formula is C20H24N4O4. The average molecular weight is 384 g/mol. The SMILES string of the molecule is Cc1cc(C)c(OC(=O)CCCn2cnc3c2c(=O)n(C)c(=O)n3C)c(C)c1. The van der Waals surface area contributed by atoms with Crippen LogP contribution < -0.4 is 16.0 Å². The number of rotatable bonds is 5. The molecule has 0 amide bonds. The first-order chi connectivity index (χ1) is 13.2. The number of ether oxygens (including phenoxy) is 1. The average Bonchev–Trinajstić information content (AvgIpc) is 3.05. The summed E-state index contributed by atoms with van der Waals surface area (Å²) in [6, 6.07) is 3.96.